The molecule has 8 heteroatoms. The average Bonchev–Trinajstić information content (AvgIpc) is 2.89. The van der Waals surface area contributed by atoms with Crippen LogP contribution in [-0.4, -0.2) is 59.1 Å². The van der Waals surface area contributed by atoms with Crippen molar-refractivity contribution < 1.29 is 17.9 Å². The van der Waals surface area contributed by atoms with Crippen molar-refractivity contribution in [2.45, 2.75) is 17.9 Å². The van der Waals surface area contributed by atoms with E-state index in [0.717, 1.165) is 24.2 Å². The van der Waals surface area contributed by atoms with E-state index < -0.39 is 10.0 Å². The Hall–Kier alpha value is -3.20. The molecule has 1 saturated heterocycles. The number of rotatable bonds is 8. The number of hydrogen-bond donors (Lipinski definition) is 1. The number of carbonyl (C=O) groups excluding carboxylic acids is 1. The summed E-state index contributed by atoms with van der Waals surface area (Å²) in [6.45, 7) is 5.64. The number of hydrogen-bond acceptors (Lipinski definition) is 5. The molecule has 35 heavy (non-hydrogen) atoms. The maximum atomic E-state index is 13.1. The summed E-state index contributed by atoms with van der Waals surface area (Å²) in [5.74, 6) is -0.206. The molecule has 1 heterocycles. The molecule has 3 aromatic rings. The summed E-state index contributed by atoms with van der Waals surface area (Å²) in [4.78, 5) is 15.6. The van der Waals surface area contributed by atoms with Crippen LogP contribution in [0.25, 0.3) is 0 Å². The van der Waals surface area contributed by atoms with E-state index in [1.54, 1.807) is 48.5 Å². The third-order valence-corrected chi connectivity index (χ3v) is 8.02. The van der Waals surface area contributed by atoms with Crippen LogP contribution >= 0.6 is 0 Å². The third-order valence-electron chi connectivity index (χ3n) is 6.22. The van der Waals surface area contributed by atoms with E-state index in [4.69, 9.17) is 4.74 Å². The number of nitrogens with one attached hydrogen (secondary N) is 1. The van der Waals surface area contributed by atoms with Crippen LogP contribution < -0.4 is 9.62 Å². The predicted octanol–water partition coefficient (Wildman–Crippen LogP) is 3.62. The highest BCUT2D eigenvalue weighted by atomic mass is 32.2. The number of amides is 1. The molecule has 1 aliphatic heterocycles. The number of sulfonamides is 1. The van der Waals surface area contributed by atoms with Crippen LogP contribution in [0.15, 0.2) is 83.8 Å². The van der Waals surface area contributed by atoms with Gasteiger partial charge in [-0.3, -0.25) is 14.0 Å². The van der Waals surface area contributed by atoms with Crippen LogP contribution in [0.4, 0.5) is 5.69 Å². The monoisotopic (exact) mass is 493 g/mol. The van der Waals surface area contributed by atoms with Crippen molar-refractivity contribution in [1.82, 2.24) is 10.2 Å². The van der Waals surface area contributed by atoms with Gasteiger partial charge in [-0.1, -0.05) is 48.0 Å². The fraction of sp³-hybridized carbons (Fsp3) is 0.296. The molecule has 4 rings (SSSR count). The molecule has 1 fully saturated rings. The van der Waals surface area contributed by atoms with Gasteiger partial charge in [0.05, 0.1) is 29.8 Å². The van der Waals surface area contributed by atoms with Gasteiger partial charge in [0.1, 0.15) is 0 Å². The second-order valence-electron chi connectivity index (χ2n) is 8.68. The molecule has 3 aromatic carbocycles. The Labute approximate surface area is 207 Å². The summed E-state index contributed by atoms with van der Waals surface area (Å²) >= 11 is 0. The van der Waals surface area contributed by atoms with Gasteiger partial charge in [-0.05, 0) is 48.9 Å². The van der Waals surface area contributed by atoms with E-state index >= 15 is 0 Å². The Balaban J connectivity index is 1.48. The number of carbonyl (C=O) groups is 1. The summed E-state index contributed by atoms with van der Waals surface area (Å²) in [6, 6.07) is 23.1. The maximum absolute atomic E-state index is 13.1. The Kier molecular flexibility index (Phi) is 7.85. The van der Waals surface area contributed by atoms with Gasteiger partial charge >= 0.3 is 0 Å². The first-order chi connectivity index (χ1) is 16.8. The second-order valence-corrected chi connectivity index (χ2v) is 10.7. The van der Waals surface area contributed by atoms with Gasteiger partial charge in [-0.25, -0.2) is 8.42 Å². The van der Waals surface area contributed by atoms with Gasteiger partial charge in [0.15, 0.2) is 0 Å². The highest BCUT2D eigenvalue weighted by Crippen LogP contribution is 2.23. The Morgan fingerprint density at radius 2 is 1.60 bits per heavy atom. The van der Waals surface area contributed by atoms with Crippen molar-refractivity contribution in [3.63, 3.8) is 0 Å². The summed E-state index contributed by atoms with van der Waals surface area (Å²) < 4.78 is 32.7. The first-order valence-corrected chi connectivity index (χ1v) is 13.1. The molecule has 0 saturated carbocycles. The molecule has 1 aliphatic rings. The molecule has 0 spiro atoms. The van der Waals surface area contributed by atoms with E-state index in [-0.39, 0.29) is 16.8 Å². The summed E-state index contributed by atoms with van der Waals surface area (Å²) in [5, 5.41) is 3.15. The van der Waals surface area contributed by atoms with Gasteiger partial charge in [0.2, 0.25) is 0 Å². The van der Waals surface area contributed by atoms with Crippen LogP contribution in [-0.2, 0) is 14.8 Å². The van der Waals surface area contributed by atoms with Crippen LogP contribution in [0.3, 0.4) is 0 Å². The highest BCUT2D eigenvalue weighted by molar-refractivity contribution is 7.92. The van der Waals surface area contributed by atoms with E-state index in [1.165, 1.54) is 11.4 Å². The number of nitrogens with zero attached hydrogens (tertiary/aromatic N) is 2. The van der Waals surface area contributed by atoms with Crippen LogP contribution in [0.1, 0.15) is 27.5 Å². The quantitative estimate of drug-likeness (QED) is 0.519. The minimum Gasteiger partial charge on any atom is -0.379 e. The van der Waals surface area contributed by atoms with E-state index in [2.05, 4.69) is 10.2 Å². The number of anilines is 1. The van der Waals surface area contributed by atoms with Gasteiger partial charge < -0.3 is 10.1 Å². The molecule has 0 aromatic heterocycles. The molecular weight excluding hydrogens is 462 g/mol. The zero-order chi connectivity index (χ0) is 24.8. The second kappa shape index (κ2) is 11.0. The topological polar surface area (TPSA) is 79.0 Å². The SMILES string of the molecule is Cc1ccc(S(=O)(=O)N(C)c2ccc(C(=O)NC(CN3CCOCC3)c3ccccc3)cc2)cc1. The van der Waals surface area contributed by atoms with Crippen molar-refractivity contribution in [2.24, 2.45) is 0 Å². The molecule has 0 bridgehead atoms. The fourth-order valence-electron chi connectivity index (χ4n) is 4.03. The van der Waals surface area contributed by atoms with Crippen molar-refractivity contribution in [1.29, 1.82) is 0 Å². The lowest BCUT2D eigenvalue weighted by molar-refractivity contribution is 0.0332. The van der Waals surface area contributed by atoms with Crippen molar-refractivity contribution in [3.05, 3.63) is 95.6 Å². The van der Waals surface area contributed by atoms with E-state index in [9.17, 15) is 13.2 Å². The molecule has 184 valence electrons. The van der Waals surface area contributed by atoms with Crippen molar-refractivity contribution in [3.8, 4) is 0 Å². The molecule has 1 N–H and O–H groups in total. The molecule has 1 unspecified atom stereocenters. The zero-order valence-corrected chi connectivity index (χ0v) is 20.9. The predicted molar refractivity (Wildman–Crippen MR) is 137 cm³/mol. The average molecular weight is 494 g/mol. The van der Waals surface area contributed by atoms with Crippen LogP contribution in [0.5, 0.6) is 0 Å². The number of benzene rings is 3. The molecule has 7 nitrogen and oxygen atoms in total. The van der Waals surface area contributed by atoms with Gasteiger partial charge in [0, 0.05) is 32.2 Å². The summed E-state index contributed by atoms with van der Waals surface area (Å²) in [7, 11) is -2.18. The third kappa shape index (κ3) is 6.08. The Morgan fingerprint density at radius 3 is 2.23 bits per heavy atom. The Morgan fingerprint density at radius 1 is 0.971 bits per heavy atom. The summed E-state index contributed by atoms with van der Waals surface area (Å²) in [6.07, 6.45) is 0. The lowest BCUT2D eigenvalue weighted by atomic mass is 10.1. The Bertz CT molecular complexity index is 1220. The number of aryl methyl sites for hydroxylation is 1. The number of morpholine rings is 1. The van der Waals surface area contributed by atoms with E-state index in [1.807, 2.05) is 37.3 Å². The standard InChI is InChI=1S/C27H31N3O4S/c1-21-8-14-25(15-9-21)35(32,33)29(2)24-12-10-23(11-13-24)27(31)28-26(22-6-4-3-5-7-22)20-30-16-18-34-19-17-30/h3-15,26H,16-20H2,1-2H3,(H,28,31). The normalized spacial score (nSPS) is 15.4. The first-order valence-electron chi connectivity index (χ1n) is 11.7. The zero-order valence-electron chi connectivity index (χ0n) is 20.1. The van der Waals surface area contributed by atoms with Crippen LogP contribution in [0, 0.1) is 6.92 Å². The molecule has 1 atom stereocenters. The van der Waals surface area contributed by atoms with Gasteiger partial charge in [-0.15, -0.1) is 0 Å². The molecular formula is C27H31N3O4S. The fourth-order valence-corrected chi connectivity index (χ4v) is 5.23. The van der Waals surface area contributed by atoms with E-state index in [0.29, 0.717) is 31.0 Å². The first kappa shape index (κ1) is 24.9. The minimum absolute atomic E-state index is 0.175. The number of ether oxygens (including phenoxy) is 1. The largest absolute Gasteiger partial charge is 0.379 e. The van der Waals surface area contributed by atoms with Crippen LogP contribution in [0.2, 0.25) is 0 Å². The lowest BCUT2D eigenvalue weighted by Crippen LogP contribution is -2.43. The lowest BCUT2D eigenvalue weighted by Gasteiger charge is -2.31. The summed E-state index contributed by atoms with van der Waals surface area (Å²) in [5.41, 5.74) is 2.98. The minimum atomic E-state index is -3.70. The smallest absolute Gasteiger partial charge is 0.264 e. The molecule has 0 aliphatic carbocycles. The van der Waals surface area contributed by atoms with Gasteiger partial charge in [0.25, 0.3) is 15.9 Å². The van der Waals surface area contributed by atoms with Crippen molar-refractivity contribution >= 4 is 21.6 Å². The highest BCUT2D eigenvalue weighted by Gasteiger charge is 2.23. The maximum Gasteiger partial charge on any atom is 0.264 e. The van der Waals surface area contributed by atoms with Crippen molar-refractivity contribution in [2.75, 3.05) is 44.2 Å². The van der Waals surface area contributed by atoms with Gasteiger partial charge in [-0.2, -0.15) is 0 Å². The molecule has 1 amide bonds. The molecule has 0 radical (unpaired) electrons.